The predicted molar refractivity (Wildman–Crippen MR) is 395 cm³/mol. The number of nitrogens with two attached hydrogens (primary N) is 1. The van der Waals surface area contributed by atoms with Gasteiger partial charge in [-0.25, -0.2) is 9.59 Å². The molecule has 7 amide bonds. The van der Waals surface area contributed by atoms with E-state index in [1.807, 2.05) is 0 Å². The van der Waals surface area contributed by atoms with E-state index in [9.17, 15) is 72.9 Å². The molecule has 4 aromatic carbocycles. The molecule has 2 bridgehead atoms. The summed E-state index contributed by atoms with van der Waals surface area (Å²) < 4.78 is 37.1. The van der Waals surface area contributed by atoms with E-state index in [1.165, 1.54) is 71.0 Å². The van der Waals surface area contributed by atoms with Gasteiger partial charge < -0.3 is 92.0 Å². The van der Waals surface area contributed by atoms with Gasteiger partial charge in [0.15, 0.2) is 23.4 Å². The van der Waals surface area contributed by atoms with Crippen molar-refractivity contribution in [3.05, 3.63) is 155 Å². The van der Waals surface area contributed by atoms with E-state index in [2.05, 4.69) is 42.5 Å². The second-order valence-corrected chi connectivity index (χ2v) is 29.4. The summed E-state index contributed by atoms with van der Waals surface area (Å²) in [5.74, 6) is -16.2. The lowest BCUT2D eigenvalue weighted by atomic mass is 9.44. The van der Waals surface area contributed by atoms with E-state index in [1.54, 1.807) is 84.9 Å². The Hall–Kier alpha value is -11.5. The number of esters is 5. The Morgan fingerprint density at radius 3 is 1.81 bits per heavy atom. The second-order valence-electron chi connectivity index (χ2n) is 29.4. The minimum atomic E-state index is -2.60. The van der Waals surface area contributed by atoms with E-state index in [0.29, 0.717) is 5.56 Å². The summed E-state index contributed by atoms with van der Waals surface area (Å²) in [6, 6.07) is 22.5. The van der Waals surface area contributed by atoms with Crippen LogP contribution in [-0.4, -0.2) is 202 Å². The van der Waals surface area contributed by atoms with Crippen molar-refractivity contribution in [2.75, 3.05) is 19.7 Å². The van der Waals surface area contributed by atoms with E-state index in [4.69, 9.17) is 39.6 Å². The minimum Gasteiger partial charge on any atom is -0.481 e. The molecular formula is C79H96N10O23. The molecule has 14 N–H and O–H groups in total. The number of benzene rings is 4. The average molecular weight is 1550 g/mol. The fraction of sp³-hybridized carbons (Fsp3) is 0.481. The number of carbonyl (C=O) groups is 14. The smallest absolute Gasteiger partial charge is 0.350 e. The lowest BCUT2D eigenvalue weighted by Crippen LogP contribution is -2.82. The number of carbonyl (C=O) groups excluding carboxylic acids is 13. The Bertz CT molecular complexity index is 4250. The van der Waals surface area contributed by atoms with Crippen LogP contribution in [0, 0.1) is 22.2 Å². The quantitative estimate of drug-likeness (QED) is 0.0101. The molecule has 9 rings (SSSR count). The monoisotopic (exact) mass is 1550 g/mol. The number of ketones is 1. The number of aliphatic hydroxyl groups is 2. The van der Waals surface area contributed by atoms with Crippen LogP contribution in [0.2, 0.25) is 0 Å². The summed E-state index contributed by atoms with van der Waals surface area (Å²) in [4.78, 5) is 198. The maximum atomic E-state index is 16.0. The molecule has 2 saturated heterocycles. The number of hydrogen-bond acceptors (Lipinski definition) is 23. The van der Waals surface area contributed by atoms with Crippen LogP contribution in [0.15, 0.2) is 132 Å². The molecule has 112 heavy (non-hydrogen) atoms. The fourth-order valence-corrected chi connectivity index (χ4v) is 15.5. The third-order valence-electron chi connectivity index (χ3n) is 21.4. The maximum Gasteiger partial charge on any atom is 0.350 e. The molecule has 2 unspecified atom stereocenters. The molecule has 4 fully saturated rings. The third-order valence-corrected chi connectivity index (χ3v) is 21.4. The second kappa shape index (κ2) is 36.6. The molecule has 2 heterocycles. The van der Waals surface area contributed by atoms with Crippen molar-refractivity contribution in [1.29, 1.82) is 5.41 Å². The predicted octanol–water partition coefficient (Wildman–Crippen LogP) is 1.79. The highest BCUT2D eigenvalue weighted by Gasteiger charge is 2.78. The largest absolute Gasteiger partial charge is 0.481 e. The zero-order valence-corrected chi connectivity index (χ0v) is 63.0. The van der Waals surface area contributed by atoms with E-state index >= 15 is 9.59 Å². The van der Waals surface area contributed by atoms with E-state index in [0.717, 1.165) is 13.8 Å². The molecule has 0 aromatic heterocycles. The van der Waals surface area contributed by atoms with Gasteiger partial charge >= 0.3 is 35.8 Å². The molecule has 0 spiro atoms. The Labute approximate surface area is 645 Å². The molecule has 4 aromatic rings. The first-order valence-electron chi connectivity index (χ1n) is 36.9. The number of guanidine groups is 1. The molecule has 2 aliphatic heterocycles. The number of hydrogen-bond donors (Lipinski definition) is 13. The Morgan fingerprint density at radius 2 is 1.22 bits per heavy atom. The van der Waals surface area contributed by atoms with Gasteiger partial charge in [0, 0.05) is 63.6 Å². The van der Waals surface area contributed by atoms with Crippen LogP contribution < -0.4 is 48.3 Å². The van der Waals surface area contributed by atoms with Crippen LogP contribution in [0.5, 0.6) is 0 Å². The lowest BCUT2D eigenvalue weighted by molar-refractivity contribution is -0.346. The van der Waals surface area contributed by atoms with Crippen molar-refractivity contribution in [2.45, 2.75) is 203 Å². The van der Waals surface area contributed by atoms with Crippen molar-refractivity contribution in [3.8, 4) is 0 Å². The summed E-state index contributed by atoms with van der Waals surface area (Å²) >= 11 is 0. The molecule has 0 radical (unpaired) electrons. The standard InChI is InChI=1S/C79H96N10O23/c1-42-54(40-79(106)66(111-73(104)49-29-18-11-19-30-49)64-77(7,55(92)39-56-78(64,41-107-56)112-45(4)91)65(97)62(108-44(3)90)60(42)76(79,5)6)109-74(105)63(61(47-25-14-9-15-26-47)89-68(99)48-27-16-10-17-28-48)110-59(96)34-33-57(93)82-35-21-20-31-50-70(101)85-51(32-22-36-83-75(80)81)69(100)84-43(2)67(98)87-53(38-58(94)95)72(103)88-52(71(102)86-50)37-46-23-12-8-13-24-46/h8-19,23-30,43,50-56,61-64,66,92,106H,20-22,31-41H2,1-7H3,(H,82,93)(H,84,100)(H,85,101)(H,86,102)(H,87,98)(H,88,103)(H,89,99)(H,94,95)(H4,80,81,83)/t43?,50-,51-,52+,53-,54-,55-,56+,61-,62+,63+,64?,66-,77+,78-,79+/m0/s1. The van der Waals surface area contributed by atoms with Crippen LogP contribution in [0.25, 0.3) is 0 Å². The molecule has 33 heteroatoms. The van der Waals surface area contributed by atoms with E-state index < -0.39 is 216 Å². The summed E-state index contributed by atoms with van der Waals surface area (Å²) in [5.41, 5.74) is -2.45. The number of fused-ring (bicyclic) bond motifs is 5. The van der Waals surface area contributed by atoms with Gasteiger partial charge in [0.25, 0.3) is 5.91 Å². The van der Waals surface area contributed by atoms with Crippen molar-refractivity contribution in [1.82, 2.24) is 42.5 Å². The zero-order valence-electron chi connectivity index (χ0n) is 63.0. The number of aliphatic carboxylic acids is 1. The van der Waals surface area contributed by atoms with Crippen molar-refractivity contribution in [3.63, 3.8) is 0 Å². The number of aliphatic hydroxyl groups excluding tert-OH is 1. The number of nitrogens with one attached hydrogen (secondary N) is 9. The number of rotatable bonds is 27. The third kappa shape index (κ3) is 19.5. The van der Waals surface area contributed by atoms with Gasteiger partial charge in [-0.15, -0.1) is 0 Å². The van der Waals surface area contributed by atoms with Crippen LogP contribution in [0.1, 0.15) is 151 Å². The van der Waals surface area contributed by atoms with Gasteiger partial charge in [-0.05, 0) is 99.4 Å². The highest BCUT2D eigenvalue weighted by atomic mass is 16.6. The lowest BCUT2D eigenvalue weighted by Gasteiger charge is -2.67. The summed E-state index contributed by atoms with van der Waals surface area (Å²) in [5, 5.41) is 64.6. The Balaban J connectivity index is 0.986. The first-order chi connectivity index (χ1) is 53.1. The van der Waals surface area contributed by atoms with Gasteiger partial charge in [0.1, 0.15) is 60.2 Å². The average Bonchev–Trinajstić information content (AvgIpc) is 0.668. The number of ether oxygens (including phenoxy) is 6. The number of unbranched alkanes of at least 4 members (excludes halogenated alkanes) is 1. The SMILES string of the molecule is CC(=O)O[C@H]1C(=O)[C@@]2(C)C([C@H](OC(=O)c3ccccc3)[C@]3(O)C[C@H](OC(=O)[C@H](OC(=O)CCC(=O)NCCCC[C@@H]4NC(=O)[C@@H](Cc5ccccc5)NC(=O)[C@H](CC(=O)O)NC(=O)C(C)NC(=O)[C@H](CCCNC(=N)N)NC4=O)[C@@H](NC(=O)c4ccccc4)c4ccccc4)C(C)=C1C3(C)C)[C@]1(OC(C)=O)CO[C@@H]1C[C@@H]2O. The summed E-state index contributed by atoms with van der Waals surface area (Å²) in [6.45, 7) is 8.71. The van der Waals surface area contributed by atoms with E-state index in [-0.39, 0.29) is 91.8 Å². The summed E-state index contributed by atoms with van der Waals surface area (Å²) in [7, 11) is 0. The van der Waals surface area contributed by atoms with Crippen molar-refractivity contribution >= 4 is 88.9 Å². The van der Waals surface area contributed by atoms with Crippen LogP contribution >= 0.6 is 0 Å². The van der Waals surface area contributed by atoms with Gasteiger partial charge in [0.05, 0.1) is 42.4 Å². The highest BCUT2D eigenvalue weighted by Crippen LogP contribution is 2.64. The fourth-order valence-electron chi connectivity index (χ4n) is 15.5. The molecular weight excluding hydrogens is 1460 g/mol. The first kappa shape index (κ1) is 84.6. The maximum absolute atomic E-state index is 16.0. The number of carboxylic acids is 1. The molecule has 5 aliphatic rings. The van der Waals surface area contributed by atoms with Gasteiger partial charge in [-0.1, -0.05) is 111 Å². The van der Waals surface area contributed by atoms with Gasteiger partial charge in [-0.3, -0.25) is 62.9 Å². The number of carboxylic acid groups (broad SMARTS) is 1. The molecule has 600 valence electrons. The van der Waals surface area contributed by atoms with Crippen LogP contribution in [-0.2, 0) is 92.4 Å². The molecule has 16 atom stereocenters. The van der Waals surface area contributed by atoms with Crippen LogP contribution in [0.4, 0.5) is 0 Å². The Kier molecular flexibility index (Phi) is 27.6. The first-order valence-corrected chi connectivity index (χ1v) is 36.9. The zero-order chi connectivity index (χ0) is 81.6. The number of Topliss-reactive ketones (excluding diaryl/α,β-unsaturated/α-hetero) is 1. The number of amides is 7. The Morgan fingerprint density at radius 1 is 0.670 bits per heavy atom. The normalized spacial score (nSPS) is 27.5. The molecule has 3 aliphatic carbocycles. The topological polar surface area (TPSA) is 501 Å². The van der Waals surface area contributed by atoms with Crippen LogP contribution in [0.3, 0.4) is 0 Å². The van der Waals surface area contributed by atoms with Gasteiger partial charge in [0.2, 0.25) is 41.5 Å². The van der Waals surface area contributed by atoms with Crippen molar-refractivity contribution in [2.24, 2.45) is 22.5 Å². The minimum absolute atomic E-state index is 0.0162. The molecule has 33 nitrogen and oxygen atoms in total. The van der Waals surface area contributed by atoms with Gasteiger partial charge in [-0.2, -0.15) is 0 Å². The highest BCUT2D eigenvalue weighted by molar-refractivity contribution is 6.00. The van der Waals surface area contributed by atoms with Crippen molar-refractivity contribution < 1.29 is 111 Å². The summed E-state index contributed by atoms with van der Waals surface area (Å²) in [6.07, 6.45) is -14.1. The molecule has 2 saturated carbocycles.